The first-order chi connectivity index (χ1) is 9.61. The summed E-state index contributed by atoms with van der Waals surface area (Å²) in [5.74, 6) is 1.30. The average Bonchev–Trinajstić information content (AvgIpc) is 2.45. The third-order valence-corrected chi connectivity index (χ3v) is 2.92. The molecular weight excluding hydrogens is 252 g/mol. The summed E-state index contributed by atoms with van der Waals surface area (Å²) in [4.78, 5) is 9.00. The normalized spacial score (nSPS) is 10.8. The number of nitrogens with one attached hydrogen (secondary N) is 1. The molecule has 0 atom stereocenters. The van der Waals surface area contributed by atoms with E-state index < -0.39 is 0 Å². The van der Waals surface area contributed by atoms with Gasteiger partial charge < -0.3 is 16.2 Å². The van der Waals surface area contributed by atoms with Gasteiger partial charge in [0.2, 0.25) is 0 Å². The van der Waals surface area contributed by atoms with Gasteiger partial charge in [-0.1, -0.05) is 13.8 Å². The number of rotatable bonds is 5. The molecule has 4 N–H and O–H groups in total. The standard InChI is InChI=1S/C15H20N4O/c1-10(2)15-18-9-13(17-8-7-16)14(19-15)11-3-5-12(20)6-4-11/h3-6,9-10,17,20H,7-8,16H2,1-2H3. The van der Waals surface area contributed by atoms with E-state index in [9.17, 15) is 5.11 Å². The monoisotopic (exact) mass is 272 g/mol. The van der Waals surface area contributed by atoms with Gasteiger partial charge in [-0.15, -0.1) is 0 Å². The molecule has 1 aromatic carbocycles. The molecule has 0 bridgehead atoms. The van der Waals surface area contributed by atoms with Crippen molar-refractivity contribution in [3.05, 3.63) is 36.3 Å². The second kappa shape index (κ2) is 6.34. The summed E-state index contributed by atoms with van der Waals surface area (Å²) in [7, 11) is 0. The van der Waals surface area contributed by atoms with Crippen LogP contribution in [0.3, 0.4) is 0 Å². The van der Waals surface area contributed by atoms with E-state index in [0.717, 1.165) is 22.8 Å². The molecule has 0 fully saturated rings. The van der Waals surface area contributed by atoms with Gasteiger partial charge in [-0.2, -0.15) is 0 Å². The molecule has 0 aliphatic carbocycles. The molecule has 106 valence electrons. The van der Waals surface area contributed by atoms with E-state index in [-0.39, 0.29) is 11.7 Å². The van der Waals surface area contributed by atoms with E-state index in [1.165, 1.54) is 0 Å². The van der Waals surface area contributed by atoms with Crippen LogP contribution in [0.25, 0.3) is 11.3 Å². The Morgan fingerprint density at radius 2 is 1.95 bits per heavy atom. The fourth-order valence-corrected chi connectivity index (χ4v) is 1.85. The van der Waals surface area contributed by atoms with Crippen molar-refractivity contribution in [2.75, 3.05) is 18.4 Å². The average molecular weight is 272 g/mol. The Kier molecular flexibility index (Phi) is 4.53. The third-order valence-electron chi connectivity index (χ3n) is 2.92. The zero-order chi connectivity index (χ0) is 14.5. The van der Waals surface area contributed by atoms with Crippen LogP contribution in [0.4, 0.5) is 5.69 Å². The molecule has 0 aliphatic heterocycles. The smallest absolute Gasteiger partial charge is 0.131 e. The number of benzene rings is 1. The number of aromatic nitrogens is 2. The fraction of sp³-hybridized carbons (Fsp3) is 0.333. The highest BCUT2D eigenvalue weighted by atomic mass is 16.3. The van der Waals surface area contributed by atoms with Crippen molar-refractivity contribution in [1.29, 1.82) is 0 Å². The number of aromatic hydroxyl groups is 1. The Balaban J connectivity index is 2.45. The molecule has 0 saturated carbocycles. The molecule has 0 spiro atoms. The summed E-state index contributed by atoms with van der Waals surface area (Å²) < 4.78 is 0. The largest absolute Gasteiger partial charge is 0.508 e. The molecule has 0 aliphatic rings. The molecule has 5 nitrogen and oxygen atoms in total. The van der Waals surface area contributed by atoms with Crippen molar-refractivity contribution in [3.8, 4) is 17.0 Å². The van der Waals surface area contributed by atoms with Crippen molar-refractivity contribution in [1.82, 2.24) is 9.97 Å². The van der Waals surface area contributed by atoms with Crippen LogP contribution in [0.1, 0.15) is 25.6 Å². The first kappa shape index (κ1) is 14.3. The van der Waals surface area contributed by atoms with Gasteiger partial charge in [0.1, 0.15) is 11.6 Å². The topological polar surface area (TPSA) is 84.1 Å². The van der Waals surface area contributed by atoms with Crippen LogP contribution in [0.2, 0.25) is 0 Å². The number of phenolic OH excluding ortho intramolecular Hbond substituents is 1. The van der Waals surface area contributed by atoms with Gasteiger partial charge in [-0.3, -0.25) is 0 Å². The van der Waals surface area contributed by atoms with Crippen LogP contribution in [-0.4, -0.2) is 28.2 Å². The number of phenols is 1. The minimum Gasteiger partial charge on any atom is -0.508 e. The van der Waals surface area contributed by atoms with Crippen molar-refractivity contribution < 1.29 is 5.11 Å². The van der Waals surface area contributed by atoms with E-state index in [0.29, 0.717) is 13.1 Å². The minimum atomic E-state index is 0.239. The van der Waals surface area contributed by atoms with E-state index >= 15 is 0 Å². The molecule has 5 heteroatoms. The van der Waals surface area contributed by atoms with Gasteiger partial charge in [-0.25, -0.2) is 9.97 Å². The summed E-state index contributed by atoms with van der Waals surface area (Å²) in [5, 5.41) is 12.6. The summed E-state index contributed by atoms with van der Waals surface area (Å²) in [6, 6.07) is 6.99. The molecule has 2 aromatic rings. The summed E-state index contributed by atoms with van der Waals surface area (Å²) >= 11 is 0. The van der Waals surface area contributed by atoms with E-state index in [1.54, 1.807) is 18.3 Å². The zero-order valence-corrected chi connectivity index (χ0v) is 11.8. The Morgan fingerprint density at radius 3 is 2.55 bits per heavy atom. The highest BCUT2D eigenvalue weighted by molar-refractivity contribution is 5.74. The van der Waals surface area contributed by atoms with Crippen LogP contribution in [0.15, 0.2) is 30.5 Å². The van der Waals surface area contributed by atoms with Crippen LogP contribution >= 0.6 is 0 Å². The number of hydrogen-bond donors (Lipinski definition) is 3. The predicted octanol–water partition coefficient (Wildman–Crippen LogP) is 2.34. The molecule has 1 aromatic heterocycles. The van der Waals surface area contributed by atoms with Crippen molar-refractivity contribution >= 4 is 5.69 Å². The Bertz CT molecular complexity index is 567. The maximum Gasteiger partial charge on any atom is 0.131 e. The highest BCUT2D eigenvalue weighted by Crippen LogP contribution is 2.28. The third kappa shape index (κ3) is 3.24. The zero-order valence-electron chi connectivity index (χ0n) is 11.8. The quantitative estimate of drug-likeness (QED) is 0.778. The van der Waals surface area contributed by atoms with Crippen molar-refractivity contribution in [2.24, 2.45) is 5.73 Å². The lowest BCUT2D eigenvalue weighted by Crippen LogP contribution is -2.14. The first-order valence-electron chi connectivity index (χ1n) is 6.72. The number of hydrogen-bond acceptors (Lipinski definition) is 5. The van der Waals surface area contributed by atoms with E-state index in [1.807, 2.05) is 12.1 Å². The van der Waals surface area contributed by atoms with Crippen molar-refractivity contribution in [2.45, 2.75) is 19.8 Å². The summed E-state index contributed by atoms with van der Waals surface area (Å²) in [6.45, 7) is 5.32. The summed E-state index contributed by atoms with van der Waals surface area (Å²) in [6.07, 6.45) is 1.79. The maximum absolute atomic E-state index is 9.39. The molecule has 0 amide bonds. The van der Waals surface area contributed by atoms with Crippen LogP contribution in [-0.2, 0) is 0 Å². The van der Waals surface area contributed by atoms with E-state index in [4.69, 9.17) is 5.73 Å². The Labute approximate surface area is 118 Å². The SMILES string of the molecule is CC(C)c1ncc(NCCN)c(-c2ccc(O)cc2)n1. The molecule has 1 heterocycles. The van der Waals surface area contributed by atoms with Crippen LogP contribution < -0.4 is 11.1 Å². The van der Waals surface area contributed by atoms with Gasteiger partial charge in [0.15, 0.2) is 0 Å². The second-order valence-corrected chi connectivity index (χ2v) is 4.91. The van der Waals surface area contributed by atoms with Crippen LogP contribution in [0, 0.1) is 0 Å². The second-order valence-electron chi connectivity index (χ2n) is 4.91. The van der Waals surface area contributed by atoms with Crippen LogP contribution in [0.5, 0.6) is 5.75 Å². The first-order valence-corrected chi connectivity index (χ1v) is 6.72. The minimum absolute atomic E-state index is 0.239. The molecular formula is C15H20N4O. The lowest BCUT2D eigenvalue weighted by Gasteiger charge is -2.13. The predicted molar refractivity (Wildman–Crippen MR) is 80.8 cm³/mol. The molecule has 0 saturated heterocycles. The Morgan fingerprint density at radius 1 is 1.25 bits per heavy atom. The maximum atomic E-state index is 9.39. The van der Waals surface area contributed by atoms with Gasteiger partial charge in [0.25, 0.3) is 0 Å². The number of nitrogens with two attached hydrogens (primary N) is 1. The summed E-state index contributed by atoms with van der Waals surface area (Å²) in [5.41, 5.74) is 8.15. The fourth-order valence-electron chi connectivity index (χ4n) is 1.85. The van der Waals surface area contributed by atoms with Crippen molar-refractivity contribution in [3.63, 3.8) is 0 Å². The lowest BCUT2D eigenvalue weighted by atomic mass is 10.1. The number of anilines is 1. The van der Waals surface area contributed by atoms with Gasteiger partial charge in [0.05, 0.1) is 17.6 Å². The molecule has 0 radical (unpaired) electrons. The highest BCUT2D eigenvalue weighted by Gasteiger charge is 2.11. The molecule has 20 heavy (non-hydrogen) atoms. The van der Waals surface area contributed by atoms with Gasteiger partial charge in [0, 0.05) is 24.6 Å². The molecule has 0 unspecified atom stereocenters. The number of nitrogens with zero attached hydrogens (tertiary/aromatic N) is 2. The molecule has 2 rings (SSSR count). The van der Waals surface area contributed by atoms with Gasteiger partial charge in [-0.05, 0) is 24.3 Å². The Hall–Kier alpha value is -2.14. The van der Waals surface area contributed by atoms with Gasteiger partial charge >= 0.3 is 0 Å². The lowest BCUT2D eigenvalue weighted by molar-refractivity contribution is 0.475. The van der Waals surface area contributed by atoms with E-state index in [2.05, 4.69) is 29.1 Å².